The average Bonchev–Trinajstić information content (AvgIpc) is 3.40. The van der Waals surface area contributed by atoms with Crippen LogP contribution in [0.15, 0.2) is 47.6 Å². The maximum atomic E-state index is 12.5. The number of anilines is 1. The van der Waals surface area contributed by atoms with Gasteiger partial charge < -0.3 is 9.47 Å². The van der Waals surface area contributed by atoms with Crippen molar-refractivity contribution >= 4 is 50.3 Å². The van der Waals surface area contributed by atoms with Gasteiger partial charge in [-0.3, -0.25) is 14.7 Å². The number of aryl methyl sites for hydroxylation is 1. The minimum Gasteiger partial charge on any atom is -0.497 e. The number of hydrogen-bond donors (Lipinski definition) is 1. The van der Waals surface area contributed by atoms with Crippen molar-refractivity contribution in [3.05, 3.63) is 53.9 Å². The number of ether oxygens (including phenoxy) is 2. The zero-order valence-electron chi connectivity index (χ0n) is 18.4. The number of methoxy groups -OCH3 is 1. The van der Waals surface area contributed by atoms with Gasteiger partial charge >= 0.3 is 5.97 Å². The van der Waals surface area contributed by atoms with E-state index < -0.39 is 18.0 Å². The van der Waals surface area contributed by atoms with Gasteiger partial charge in [-0.25, -0.2) is 9.78 Å². The van der Waals surface area contributed by atoms with Crippen LogP contribution in [0.1, 0.15) is 23.1 Å². The van der Waals surface area contributed by atoms with Gasteiger partial charge in [-0.05, 0) is 62.6 Å². The van der Waals surface area contributed by atoms with Gasteiger partial charge in [-0.1, -0.05) is 23.1 Å². The minimum atomic E-state index is -0.998. The number of carbonyl (C=O) groups is 2. The number of esters is 1. The Kier molecular flexibility index (Phi) is 6.61. The second kappa shape index (κ2) is 9.59. The van der Waals surface area contributed by atoms with Crippen LogP contribution in [0, 0.1) is 6.92 Å². The molecule has 0 aliphatic heterocycles. The van der Waals surface area contributed by atoms with Crippen LogP contribution in [-0.4, -0.2) is 51.1 Å². The fourth-order valence-electron chi connectivity index (χ4n) is 3.09. The summed E-state index contributed by atoms with van der Waals surface area (Å²) < 4.78 is 13.3. The molecule has 0 saturated heterocycles. The van der Waals surface area contributed by atoms with E-state index in [4.69, 9.17) is 9.47 Å². The van der Waals surface area contributed by atoms with Gasteiger partial charge in [-0.15, -0.1) is 10.2 Å². The van der Waals surface area contributed by atoms with Crippen molar-refractivity contribution in [2.75, 3.05) is 18.7 Å². The fourth-order valence-corrected chi connectivity index (χ4v) is 4.53. The van der Waals surface area contributed by atoms with E-state index in [1.54, 1.807) is 37.4 Å². The van der Waals surface area contributed by atoms with Gasteiger partial charge in [0.05, 0.1) is 22.9 Å². The van der Waals surface area contributed by atoms with Crippen LogP contribution in [0.3, 0.4) is 0 Å². The topological polar surface area (TPSA) is 108 Å². The van der Waals surface area contributed by atoms with Crippen molar-refractivity contribution in [2.24, 2.45) is 0 Å². The molecule has 9 nitrogen and oxygen atoms in total. The molecule has 33 heavy (non-hydrogen) atoms. The normalized spacial score (nSPS) is 11.9. The van der Waals surface area contributed by atoms with E-state index in [1.165, 1.54) is 30.0 Å². The van der Waals surface area contributed by atoms with E-state index >= 15 is 0 Å². The number of benzene rings is 2. The Bertz CT molecular complexity index is 1320. The lowest BCUT2D eigenvalue weighted by Gasteiger charge is -2.13. The summed E-state index contributed by atoms with van der Waals surface area (Å²) in [6, 6.07) is 12.3. The second-order valence-electron chi connectivity index (χ2n) is 7.01. The van der Waals surface area contributed by atoms with Crippen LogP contribution in [-0.2, 0) is 9.53 Å². The standard InChI is InChI=1S/C22H21N5O4S2/c1-12(19(28)24-21-23-17-10-9-16(30-3)11-18(17)33-21)31-20(29)14-5-7-15(8-6-14)27-13(2)25-26-22(27)32-4/h5-12H,1-4H3,(H,23,24,28). The summed E-state index contributed by atoms with van der Waals surface area (Å²) >= 11 is 2.79. The molecule has 2 heterocycles. The third-order valence-corrected chi connectivity index (χ3v) is 6.38. The molecule has 2 aromatic heterocycles. The largest absolute Gasteiger partial charge is 0.497 e. The number of thiazole rings is 1. The molecule has 1 atom stereocenters. The van der Waals surface area contributed by atoms with Crippen LogP contribution in [0.5, 0.6) is 5.75 Å². The fraction of sp³-hybridized carbons (Fsp3) is 0.227. The Labute approximate surface area is 198 Å². The number of rotatable bonds is 7. The molecule has 0 aliphatic carbocycles. The molecule has 0 saturated carbocycles. The highest BCUT2D eigenvalue weighted by atomic mass is 32.2. The van der Waals surface area contributed by atoms with Crippen molar-refractivity contribution in [3.8, 4) is 11.4 Å². The number of thioether (sulfide) groups is 1. The zero-order chi connectivity index (χ0) is 23.5. The molecule has 4 aromatic rings. The molecule has 4 rings (SSSR count). The van der Waals surface area contributed by atoms with Crippen molar-refractivity contribution in [3.63, 3.8) is 0 Å². The Hall–Kier alpha value is -3.44. The molecule has 0 radical (unpaired) electrons. The lowest BCUT2D eigenvalue weighted by Crippen LogP contribution is -2.29. The quantitative estimate of drug-likeness (QED) is 0.309. The molecule has 11 heteroatoms. The first kappa shape index (κ1) is 22.7. The van der Waals surface area contributed by atoms with Crippen LogP contribution in [0.2, 0.25) is 0 Å². The smallest absolute Gasteiger partial charge is 0.338 e. The Morgan fingerprint density at radius 3 is 2.61 bits per heavy atom. The highest BCUT2D eigenvalue weighted by Gasteiger charge is 2.21. The molecule has 2 aromatic carbocycles. The number of carbonyl (C=O) groups excluding carboxylic acids is 2. The maximum Gasteiger partial charge on any atom is 0.338 e. The Morgan fingerprint density at radius 1 is 1.15 bits per heavy atom. The molecular formula is C22H21N5O4S2. The average molecular weight is 484 g/mol. The predicted molar refractivity (Wildman–Crippen MR) is 128 cm³/mol. The first-order chi connectivity index (χ1) is 15.9. The summed E-state index contributed by atoms with van der Waals surface area (Å²) in [6.07, 6.45) is 0.922. The SMILES string of the molecule is COc1ccc2nc(NC(=O)C(C)OC(=O)c3ccc(-n4c(C)nnc4SC)cc3)sc2c1. The van der Waals surface area contributed by atoms with Gasteiger partial charge in [0.1, 0.15) is 11.6 Å². The first-order valence-corrected chi connectivity index (χ1v) is 12.0. The lowest BCUT2D eigenvalue weighted by atomic mass is 10.2. The Morgan fingerprint density at radius 2 is 1.91 bits per heavy atom. The summed E-state index contributed by atoms with van der Waals surface area (Å²) in [6.45, 7) is 3.38. The Balaban J connectivity index is 1.40. The minimum absolute atomic E-state index is 0.335. The monoisotopic (exact) mass is 483 g/mol. The van der Waals surface area contributed by atoms with Crippen molar-refractivity contribution in [1.29, 1.82) is 0 Å². The van der Waals surface area contributed by atoms with Crippen molar-refractivity contribution in [2.45, 2.75) is 25.1 Å². The third-order valence-electron chi connectivity index (χ3n) is 4.82. The number of amides is 1. The summed E-state index contributed by atoms with van der Waals surface area (Å²) in [5, 5.41) is 12.1. The van der Waals surface area contributed by atoms with Gasteiger partial charge in [0, 0.05) is 5.69 Å². The molecule has 1 N–H and O–H groups in total. The molecule has 0 spiro atoms. The summed E-state index contributed by atoms with van der Waals surface area (Å²) in [5.41, 5.74) is 1.91. The zero-order valence-corrected chi connectivity index (χ0v) is 20.0. The number of hydrogen-bond acceptors (Lipinski definition) is 9. The summed E-state index contributed by atoms with van der Waals surface area (Å²) in [5.74, 6) is 0.397. The summed E-state index contributed by atoms with van der Waals surface area (Å²) in [4.78, 5) is 29.5. The van der Waals surface area contributed by atoms with Gasteiger partial charge in [-0.2, -0.15) is 0 Å². The van der Waals surface area contributed by atoms with E-state index in [9.17, 15) is 9.59 Å². The second-order valence-corrected chi connectivity index (χ2v) is 8.81. The van der Waals surface area contributed by atoms with Gasteiger partial charge in [0.2, 0.25) is 0 Å². The van der Waals surface area contributed by atoms with Crippen LogP contribution >= 0.6 is 23.1 Å². The van der Waals surface area contributed by atoms with E-state index in [1.807, 2.05) is 29.9 Å². The number of aromatic nitrogens is 4. The van der Waals surface area contributed by atoms with Crippen LogP contribution < -0.4 is 10.1 Å². The molecule has 0 aliphatic rings. The van der Waals surface area contributed by atoms with Crippen LogP contribution in [0.25, 0.3) is 15.9 Å². The van der Waals surface area contributed by atoms with Crippen molar-refractivity contribution in [1.82, 2.24) is 19.7 Å². The highest BCUT2D eigenvalue weighted by Crippen LogP contribution is 2.29. The number of fused-ring (bicyclic) bond motifs is 1. The van der Waals surface area contributed by atoms with E-state index in [2.05, 4.69) is 20.5 Å². The van der Waals surface area contributed by atoms with Crippen molar-refractivity contribution < 1.29 is 19.1 Å². The van der Waals surface area contributed by atoms with E-state index in [0.717, 1.165) is 26.9 Å². The lowest BCUT2D eigenvalue weighted by molar-refractivity contribution is -0.123. The molecule has 0 fully saturated rings. The molecule has 1 unspecified atom stereocenters. The molecule has 1 amide bonds. The third kappa shape index (κ3) is 4.83. The van der Waals surface area contributed by atoms with E-state index in [0.29, 0.717) is 16.4 Å². The molecule has 170 valence electrons. The van der Waals surface area contributed by atoms with E-state index in [-0.39, 0.29) is 0 Å². The molecular weight excluding hydrogens is 462 g/mol. The van der Waals surface area contributed by atoms with Crippen LogP contribution in [0.4, 0.5) is 5.13 Å². The number of nitrogens with zero attached hydrogens (tertiary/aromatic N) is 4. The first-order valence-electron chi connectivity index (χ1n) is 9.92. The predicted octanol–water partition coefficient (Wildman–Crippen LogP) is 4.10. The number of nitrogens with one attached hydrogen (secondary N) is 1. The van der Waals surface area contributed by atoms with Gasteiger partial charge in [0.15, 0.2) is 16.4 Å². The maximum absolute atomic E-state index is 12.5. The highest BCUT2D eigenvalue weighted by molar-refractivity contribution is 7.98. The summed E-state index contributed by atoms with van der Waals surface area (Å²) in [7, 11) is 1.59. The molecule has 0 bridgehead atoms. The van der Waals surface area contributed by atoms with Gasteiger partial charge in [0.25, 0.3) is 5.91 Å².